The number of nitrogens with one attached hydrogen (secondary N) is 1. The SMILES string of the molecule is CCC(C)NCC(=O)N(C)Cc1cccc(Br)c1. The van der Waals surface area contributed by atoms with Gasteiger partial charge >= 0.3 is 0 Å². The smallest absolute Gasteiger partial charge is 0.236 e. The highest BCUT2D eigenvalue weighted by Crippen LogP contribution is 2.12. The first-order valence-electron chi connectivity index (χ1n) is 6.24. The van der Waals surface area contributed by atoms with Gasteiger partial charge in [-0.1, -0.05) is 35.0 Å². The van der Waals surface area contributed by atoms with Crippen LogP contribution in [0.25, 0.3) is 0 Å². The molecule has 0 fully saturated rings. The Balaban J connectivity index is 2.45. The van der Waals surface area contributed by atoms with Crippen molar-refractivity contribution in [2.45, 2.75) is 32.9 Å². The molecule has 0 radical (unpaired) electrons. The van der Waals surface area contributed by atoms with Gasteiger partial charge in [0.2, 0.25) is 5.91 Å². The molecule has 1 rings (SSSR count). The first-order chi connectivity index (χ1) is 8.52. The van der Waals surface area contributed by atoms with Crippen LogP contribution in [0.4, 0.5) is 0 Å². The van der Waals surface area contributed by atoms with E-state index >= 15 is 0 Å². The fourth-order valence-corrected chi connectivity index (χ4v) is 1.98. The van der Waals surface area contributed by atoms with E-state index in [9.17, 15) is 4.79 Å². The van der Waals surface area contributed by atoms with E-state index in [4.69, 9.17) is 0 Å². The number of rotatable bonds is 6. The molecular formula is C14H21BrN2O. The van der Waals surface area contributed by atoms with Gasteiger partial charge in [-0.25, -0.2) is 0 Å². The molecule has 1 amide bonds. The summed E-state index contributed by atoms with van der Waals surface area (Å²) in [6.45, 7) is 5.23. The molecule has 0 saturated heterocycles. The molecule has 100 valence electrons. The van der Waals surface area contributed by atoms with E-state index in [0.717, 1.165) is 16.5 Å². The lowest BCUT2D eigenvalue weighted by Gasteiger charge is -2.19. The van der Waals surface area contributed by atoms with E-state index in [2.05, 4.69) is 35.1 Å². The molecule has 0 saturated carbocycles. The summed E-state index contributed by atoms with van der Waals surface area (Å²) in [4.78, 5) is 13.7. The largest absolute Gasteiger partial charge is 0.340 e. The van der Waals surface area contributed by atoms with E-state index in [0.29, 0.717) is 19.1 Å². The summed E-state index contributed by atoms with van der Waals surface area (Å²) >= 11 is 3.43. The summed E-state index contributed by atoms with van der Waals surface area (Å²) in [7, 11) is 1.83. The van der Waals surface area contributed by atoms with E-state index in [1.54, 1.807) is 4.90 Å². The number of carbonyl (C=O) groups is 1. The second-order valence-corrected chi connectivity index (χ2v) is 5.49. The van der Waals surface area contributed by atoms with Crippen molar-refractivity contribution in [3.05, 3.63) is 34.3 Å². The number of halogens is 1. The zero-order chi connectivity index (χ0) is 13.5. The highest BCUT2D eigenvalue weighted by atomic mass is 79.9. The maximum atomic E-state index is 11.9. The van der Waals surface area contributed by atoms with Crippen molar-refractivity contribution in [3.8, 4) is 0 Å². The molecule has 3 nitrogen and oxygen atoms in total. The van der Waals surface area contributed by atoms with Gasteiger partial charge in [-0.15, -0.1) is 0 Å². The van der Waals surface area contributed by atoms with Gasteiger partial charge in [-0.3, -0.25) is 4.79 Å². The van der Waals surface area contributed by atoms with Crippen molar-refractivity contribution in [3.63, 3.8) is 0 Å². The minimum atomic E-state index is 0.121. The van der Waals surface area contributed by atoms with E-state index in [1.165, 1.54) is 0 Å². The third-order valence-corrected chi connectivity index (χ3v) is 3.44. The molecule has 0 heterocycles. The number of amides is 1. The summed E-state index contributed by atoms with van der Waals surface area (Å²) in [5.74, 6) is 0.121. The average Bonchev–Trinajstić information content (AvgIpc) is 2.35. The molecule has 1 atom stereocenters. The van der Waals surface area contributed by atoms with E-state index < -0.39 is 0 Å². The fourth-order valence-electron chi connectivity index (χ4n) is 1.54. The van der Waals surface area contributed by atoms with Gasteiger partial charge in [-0.2, -0.15) is 0 Å². The number of benzene rings is 1. The normalized spacial score (nSPS) is 12.2. The summed E-state index contributed by atoms with van der Waals surface area (Å²) < 4.78 is 1.04. The Hall–Kier alpha value is -0.870. The van der Waals surface area contributed by atoms with Crippen molar-refractivity contribution < 1.29 is 4.79 Å². The van der Waals surface area contributed by atoms with Crippen molar-refractivity contribution in [1.29, 1.82) is 0 Å². The van der Waals surface area contributed by atoms with Crippen LogP contribution in [0.3, 0.4) is 0 Å². The van der Waals surface area contributed by atoms with Gasteiger partial charge in [0.15, 0.2) is 0 Å². The number of hydrogen-bond donors (Lipinski definition) is 1. The molecule has 1 N–H and O–H groups in total. The number of carbonyl (C=O) groups excluding carboxylic acids is 1. The third-order valence-electron chi connectivity index (χ3n) is 2.95. The topological polar surface area (TPSA) is 32.3 Å². The monoisotopic (exact) mass is 312 g/mol. The Morgan fingerprint density at radius 1 is 1.50 bits per heavy atom. The fraction of sp³-hybridized carbons (Fsp3) is 0.500. The second kappa shape index (κ2) is 7.54. The molecule has 1 aromatic rings. The van der Waals surface area contributed by atoms with Crippen LogP contribution in [0.2, 0.25) is 0 Å². The van der Waals surface area contributed by atoms with Gasteiger partial charge in [0.25, 0.3) is 0 Å². The van der Waals surface area contributed by atoms with Crippen LogP contribution in [0.15, 0.2) is 28.7 Å². The van der Waals surface area contributed by atoms with Gasteiger partial charge in [0.05, 0.1) is 6.54 Å². The van der Waals surface area contributed by atoms with E-state index in [1.807, 2.05) is 31.3 Å². The first kappa shape index (κ1) is 15.2. The molecule has 1 unspecified atom stereocenters. The van der Waals surface area contributed by atoms with Crippen molar-refractivity contribution in [2.24, 2.45) is 0 Å². The number of nitrogens with zero attached hydrogens (tertiary/aromatic N) is 1. The Kier molecular flexibility index (Phi) is 6.36. The summed E-state index contributed by atoms with van der Waals surface area (Å²) in [6, 6.07) is 8.40. The molecule has 0 aliphatic heterocycles. The standard InChI is InChI=1S/C14H21BrN2O/c1-4-11(2)16-9-14(18)17(3)10-12-6-5-7-13(15)8-12/h5-8,11,16H,4,9-10H2,1-3H3. The molecule has 0 aromatic heterocycles. The molecular weight excluding hydrogens is 292 g/mol. The zero-order valence-corrected chi connectivity index (χ0v) is 12.8. The molecule has 0 aliphatic rings. The first-order valence-corrected chi connectivity index (χ1v) is 7.04. The van der Waals surface area contributed by atoms with Crippen LogP contribution in [0, 0.1) is 0 Å². The van der Waals surface area contributed by atoms with Crippen LogP contribution >= 0.6 is 15.9 Å². The lowest BCUT2D eigenvalue weighted by molar-refractivity contribution is -0.129. The maximum absolute atomic E-state index is 11.9. The zero-order valence-electron chi connectivity index (χ0n) is 11.2. The number of hydrogen-bond acceptors (Lipinski definition) is 2. The predicted molar refractivity (Wildman–Crippen MR) is 78.4 cm³/mol. The van der Waals surface area contributed by atoms with Gasteiger partial charge in [0, 0.05) is 24.1 Å². The van der Waals surface area contributed by atoms with Crippen LogP contribution in [0.5, 0.6) is 0 Å². The molecule has 4 heteroatoms. The molecule has 18 heavy (non-hydrogen) atoms. The second-order valence-electron chi connectivity index (χ2n) is 4.57. The lowest BCUT2D eigenvalue weighted by atomic mass is 10.2. The third kappa shape index (κ3) is 5.19. The van der Waals surface area contributed by atoms with Gasteiger partial charge in [-0.05, 0) is 31.0 Å². The van der Waals surface area contributed by atoms with Gasteiger partial charge in [0.1, 0.15) is 0 Å². The quantitative estimate of drug-likeness (QED) is 0.876. The van der Waals surface area contributed by atoms with E-state index in [-0.39, 0.29) is 5.91 Å². The van der Waals surface area contributed by atoms with Crippen molar-refractivity contribution in [1.82, 2.24) is 10.2 Å². The molecule has 0 aliphatic carbocycles. The minimum absolute atomic E-state index is 0.121. The average molecular weight is 313 g/mol. The Labute approximate surface area is 118 Å². The Bertz CT molecular complexity index is 395. The van der Waals surface area contributed by atoms with Crippen molar-refractivity contribution in [2.75, 3.05) is 13.6 Å². The lowest BCUT2D eigenvalue weighted by Crippen LogP contribution is -2.38. The summed E-state index contributed by atoms with van der Waals surface area (Å²) in [6.07, 6.45) is 1.03. The van der Waals surface area contributed by atoms with Crippen LogP contribution in [-0.2, 0) is 11.3 Å². The Morgan fingerprint density at radius 3 is 2.83 bits per heavy atom. The molecule has 0 bridgehead atoms. The van der Waals surface area contributed by atoms with Crippen LogP contribution < -0.4 is 5.32 Å². The summed E-state index contributed by atoms with van der Waals surface area (Å²) in [5.41, 5.74) is 1.13. The van der Waals surface area contributed by atoms with Gasteiger partial charge < -0.3 is 10.2 Å². The number of likely N-dealkylation sites (N-methyl/N-ethyl adjacent to an activating group) is 1. The summed E-state index contributed by atoms with van der Waals surface area (Å²) in [5, 5.41) is 3.21. The minimum Gasteiger partial charge on any atom is -0.340 e. The predicted octanol–water partition coefficient (Wildman–Crippen LogP) is 2.80. The molecule has 0 spiro atoms. The highest BCUT2D eigenvalue weighted by molar-refractivity contribution is 9.10. The maximum Gasteiger partial charge on any atom is 0.236 e. The highest BCUT2D eigenvalue weighted by Gasteiger charge is 2.10. The Morgan fingerprint density at radius 2 is 2.22 bits per heavy atom. The van der Waals surface area contributed by atoms with Crippen LogP contribution in [0.1, 0.15) is 25.8 Å². The van der Waals surface area contributed by atoms with Crippen molar-refractivity contribution >= 4 is 21.8 Å². The van der Waals surface area contributed by atoms with Crippen LogP contribution in [-0.4, -0.2) is 30.4 Å². The molecule has 1 aromatic carbocycles.